The second-order valence-electron chi connectivity index (χ2n) is 8.35. The van der Waals surface area contributed by atoms with Gasteiger partial charge in [-0.3, -0.25) is 0 Å². The summed E-state index contributed by atoms with van der Waals surface area (Å²) < 4.78 is 26.7. The third-order valence-electron chi connectivity index (χ3n) is 5.85. The van der Waals surface area contributed by atoms with Gasteiger partial charge in [-0.15, -0.1) is 0 Å². The smallest absolute Gasteiger partial charge is 0.321 e. The second-order valence-corrected chi connectivity index (χ2v) is 8.78. The van der Waals surface area contributed by atoms with E-state index in [1.807, 2.05) is 38.1 Å². The molecule has 0 saturated carbocycles. The molecule has 0 atom stereocenters. The van der Waals surface area contributed by atoms with E-state index in [-0.39, 0.29) is 11.7 Å². The van der Waals surface area contributed by atoms with Gasteiger partial charge in [0.25, 0.3) is 0 Å². The van der Waals surface area contributed by atoms with Crippen LogP contribution in [-0.4, -0.2) is 47.1 Å². The van der Waals surface area contributed by atoms with Crippen molar-refractivity contribution in [1.82, 2.24) is 14.9 Å². The topological polar surface area (TPSA) is 61.4 Å². The zero-order chi connectivity index (χ0) is 24.2. The van der Waals surface area contributed by atoms with Crippen molar-refractivity contribution in [3.05, 3.63) is 81.8 Å². The molecule has 2 amide bonds. The van der Waals surface area contributed by atoms with Crippen molar-refractivity contribution in [2.45, 2.75) is 26.7 Å². The van der Waals surface area contributed by atoms with E-state index in [0.717, 1.165) is 47.7 Å². The highest BCUT2D eigenvalue weighted by Crippen LogP contribution is 2.26. The number of amides is 2. The first kappa shape index (κ1) is 23.9. The SMILES string of the molecule is Cc1nc(C)c(Cc2ccc(Cl)cc2)c(N2CCCN(C(=O)Nc3ccc(F)c(F)c3)CC2)n1. The molecule has 34 heavy (non-hydrogen) atoms. The number of aryl methyl sites for hydroxylation is 2. The van der Waals surface area contributed by atoms with Crippen molar-refractivity contribution in [2.24, 2.45) is 0 Å². The Balaban J connectivity index is 1.49. The molecule has 178 valence electrons. The molecule has 1 aromatic heterocycles. The Kier molecular flexibility index (Phi) is 7.26. The number of halogens is 3. The number of nitrogens with one attached hydrogen (secondary N) is 1. The lowest BCUT2D eigenvalue weighted by atomic mass is 10.0. The molecule has 0 bridgehead atoms. The zero-order valence-electron chi connectivity index (χ0n) is 19.1. The van der Waals surface area contributed by atoms with E-state index < -0.39 is 11.6 Å². The van der Waals surface area contributed by atoms with E-state index in [0.29, 0.717) is 36.9 Å². The number of carbonyl (C=O) groups is 1. The van der Waals surface area contributed by atoms with Gasteiger partial charge in [-0.05, 0) is 50.1 Å². The Morgan fingerprint density at radius 3 is 2.50 bits per heavy atom. The molecule has 6 nitrogen and oxygen atoms in total. The van der Waals surface area contributed by atoms with Crippen molar-refractivity contribution in [3.8, 4) is 0 Å². The molecule has 2 aromatic carbocycles. The molecular formula is C25H26ClF2N5O. The van der Waals surface area contributed by atoms with E-state index in [2.05, 4.69) is 15.2 Å². The highest BCUT2D eigenvalue weighted by atomic mass is 35.5. The number of hydrogen-bond donors (Lipinski definition) is 1. The van der Waals surface area contributed by atoms with Crippen molar-refractivity contribution in [2.75, 3.05) is 36.4 Å². The summed E-state index contributed by atoms with van der Waals surface area (Å²) in [4.78, 5) is 26.0. The Bertz CT molecular complexity index is 1190. The molecule has 1 aliphatic heterocycles. The summed E-state index contributed by atoms with van der Waals surface area (Å²) in [6, 6.07) is 10.7. The minimum Gasteiger partial charge on any atom is -0.354 e. The maximum absolute atomic E-state index is 13.5. The fourth-order valence-corrected chi connectivity index (χ4v) is 4.23. The number of benzene rings is 2. The molecule has 3 aromatic rings. The zero-order valence-corrected chi connectivity index (χ0v) is 19.9. The van der Waals surface area contributed by atoms with Gasteiger partial charge in [-0.1, -0.05) is 23.7 Å². The average molecular weight is 486 g/mol. The molecule has 0 unspecified atom stereocenters. The van der Waals surface area contributed by atoms with Gasteiger partial charge in [0.15, 0.2) is 11.6 Å². The van der Waals surface area contributed by atoms with Crippen LogP contribution in [0.25, 0.3) is 0 Å². The third-order valence-corrected chi connectivity index (χ3v) is 6.10. The molecule has 1 saturated heterocycles. The standard InChI is InChI=1S/C25H26ClF2N5O/c1-16-21(14-18-4-6-19(26)7-5-18)24(30-17(2)29-16)32-10-3-11-33(13-12-32)25(34)31-20-8-9-22(27)23(28)15-20/h4-9,15H,3,10-14H2,1-2H3,(H,31,34). The lowest BCUT2D eigenvalue weighted by molar-refractivity contribution is 0.215. The Morgan fingerprint density at radius 2 is 1.76 bits per heavy atom. The number of nitrogens with zero attached hydrogens (tertiary/aromatic N) is 4. The van der Waals surface area contributed by atoms with Gasteiger partial charge in [0, 0.05) is 60.6 Å². The number of urea groups is 1. The van der Waals surface area contributed by atoms with Crippen LogP contribution in [0.15, 0.2) is 42.5 Å². The predicted molar refractivity (Wildman–Crippen MR) is 130 cm³/mol. The molecule has 1 fully saturated rings. The summed E-state index contributed by atoms with van der Waals surface area (Å²) >= 11 is 6.04. The van der Waals surface area contributed by atoms with Gasteiger partial charge in [0.1, 0.15) is 11.6 Å². The summed E-state index contributed by atoms with van der Waals surface area (Å²) in [5, 5.41) is 3.34. The summed E-state index contributed by atoms with van der Waals surface area (Å²) in [6.07, 6.45) is 1.42. The molecule has 0 aliphatic carbocycles. The number of hydrogen-bond acceptors (Lipinski definition) is 4. The van der Waals surface area contributed by atoms with Gasteiger partial charge in [-0.2, -0.15) is 0 Å². The van der Waals surface area contributed by atoms with E-state index in [1.165, 1.54) is 6.07 Å². The molecule has 9 heteroatoms. The second kappa shape index (κ2) is 10.3. The van der Waals surface area contributed by atoms with Gasteiger partial charge < -0.3 is 15.1 Å². The van der Waals surface area contributed by atoms with Crippen molar-refractivity contribution >= 4 is 29.1 Å². The third kappa shape index (κ3) is 5.62. The fraction of sp³-hybridized carbons (Fsp3) is 0.320. The Labute approximate surface area is 202 Å². The number of carbonyl (C=O) groups excluding carboxylic acids is 1. The first-order valence-corrected chi connectivity index (χ1v) is 11.5. The van der Waals surface area contributed by atoms with Crippen molar-refractivity contribution in [1.29, 1.82) is 0 Å². The molecule has 1 aliphatic rings. The molecule has 0 spiro atoms. The minimum absolute atomic E-state index is 0.220. The molecule has 4 rings (SSSR count). The fourth-order valence-electron chi connectivity index (χ4n) is 4.10. The molecule has 2 heterocycles. The van der Waals surface area contributed by atoms with Crippen LogP contribution in [0.4, 0.5) is 25.1 Å². The Hall–Kier alpha value is -3.26. The normalized spacial score (nSPS) is 14.1. The number of aromatic nitrogens is 2. The maximum Gasteiger partial charge on any atom is 0.321 e. The largest absolute Gasteiger partial charge is 0.354 e. The number of anilines is 2. The van der Waals surface area contributed by atoms with Crippen LogP contribution in [0, 0.1) is 25.5 Å². The van der Waals surface area contributed by atoms with Crippen molar-refractivity contribution in [3.63, 3.8) is 0 Å². The van der Waals surface area contributed by atoms with Gasteiger partial charge in [0.05, 0.1) is 0 Å². The first-order chi connectivity index (χ1) is 16.3. The van der Waals surface area contributed by atoms with E-state index in [4.69, 9.17) is 16.6 Å². The predicted octanol–water partition coefficient (Wildman–Crippen LogP) is 5.36. The summed E-state index contributed by atoms with van der Waals surface area (Å²) in [6.45, 7) is 6.21. The lowest BCUT2D eigenvalue weighted by Crippen LogP contribution is -2.38. The van der Waals surface area contributed by atoms with Crippen LogP contribution in [0.5, 0.6) is 0 Å². The minimum atomic E-state index is -0.998. The van der Waals surface area contributed by atoms with Gasteiger partial charge >= 0.3 is 6.03 Å². The van der Waals surface area contributed by atoms with Crippen LogP contribution >= 0.6 is 11.6 Å². The van der Waals surface area contributed by atoms with E-state index >= 15 is 0 Å². The summed E-state index contributed by atoms with van der Waals surface area (Å²) in [5.41, 5.74) is 3.31. The van der Waals surface area contributed by atoms with Crippen LogP contribution in [-0.2, 0) is 6.42 Å². The van der Waals surface area contributed by atoms with E-state index in [1.54, 1.807) is 4.90 Å². The highest BCUT2D eigenvalue weighted by Gasteiger charge is 2.23. The molecule has 0 radical (unpaired) electrons. The monoisotopic (exact) mass is 485 g/mol. The van der Waals surface area contributed by atoms with Gasteiger partial charge in [0.2, 0.25) is 0 Å². The quantitative estimate of drug-likeness (QED) is 0.540. The van der Waals surface area contributed by atoms with Crippen LogP contribution < -0.4 is 10.2 Å². The number of rotatable bonds is 4. The average Bonchev–Trinajstić information content (AvgIpc) is 3.06. The van der Waals surface area contributed by atoms with Crippen molar-refractivity contribution < 1.29 is 13.6 Å². The maximum atomic E-state index is 13.5. The van der Waals surface area contributed by atoms with Crippen LogP contribution in [0.3, 0.4) is 0 Å². The highest BCUT2D eigenvalue weighted by molar-refractivity contribution is 6.30. The van der Waals surface area contributed by atoms with Gasteiger partial charge in [-0.25, -0.2) is 23.5 Å². The summed E-state index contributed by atoms with van der Waals surface area (Å²) in [5.74, 6) is -0.372. The van der Waals surface area contributed by atoms with E-state index in [9.17, 15) is 13.6 Å². The Morgan fingerprint density at radius 1 is 1.00 bits per heavy atom. The van der Waals surface area contributed by atoms with Crippen LogP contribution in [0.2, 0.25) is 5.02 Å². The first-order valence-electron chi connectivity index (χ1n) is 11.1. The molecule has 1 N–H and O–H groups in total. The molecular weight excluding hydrogens is 460 g/mol. The lowest BCUT2D eigenvalue weighted by Gasteiger charge is -2.26. The summed E-state index contributed by atoms with van der Waals surface area (Å²) in [7, 11) is 0. The van der Waals surface area contributed by atoms with Crippen LogP contribution in [0.1, 0.15) is 29.1 Å².